The fraction of sp³-hybridized carbons (Fsp3) is 0. The molecule has 6 nitrogen and oxygen atoms in total. The van der Waals surface area contributed by atoms with Crippen LogP contribution in [-0.4, -0.2) is 27.0 Å². The van der Waals surface area contributed by atoms with Crippen molar-refractivity contribution in [2.45, 2.75) is 0 Å². The summed E-state index contributed by atoms with van der Waals surface area (Å²) in [6.07, 6.45) is 3.32. The quantitative estimate of drug-likeness (QED) is 0.687. The number of benzene rings is 1. The minimum atomic E-state index is -1.10. The number of hydrogen-bond donors (Lipinski definition) is 3. The zero-order valence-electron chi connectivity index (χ0n) is 10.8. The minimum absolute atomic E-state index is 0.0357. The summed E-state index contributed by atoms with van der Waals surface area (Å²) in [5, 5.41) is 12.5. The maximum absolute atomic E-state index is 12.2. The van der Waals surface area contributed by atoms with Crippen LogP contribution in [-0.2, 0) is 0 Å². The number of fused-ring (bicyclic) bond motifs is 1. The summed E-state index contributed by atoms with van der Waals surface area (Å²) in [7, 11) is 0. The van der Waals surface area contributed by atoms with Gasteiger partial charge in [0.1, 0.15) is 5.69 Å². The van der Waals surface area contributed by atoms with Crippen LogP contribution in [0.2, 0.25) is 0 Å². The van der Waals surface area contributed by atoms with Crippen LogP contribution in [0.15, 0.2) is 48.8 Å². The molecule has 0 atom stereocenters. The third-order valence-corrected chi connectivity index (χ3v) is 3.08. The maximum Gasteiger partial charge on any atom is 0.337 e. The van der Waals surface area contributed by atoms with Crippen molar-refractivity contribution in [2.75, 3.05) is 5.32 Å². The molecule has 0 radical (unpaired) electrons. The van der Waals surface area contributed by atoms with Crippen LogP contribution in [0, 0.1) is 0 Å². The molecule has 104 valence electrons. The smallest absolute Gasteiger partial charge is 0.337 e. The summed E-state index contributed by atoms with van der Waals surface area (Å²) in [5.41, 5.74) is 1.33. The second-order valence-corrected chi connectivity index (χ2v) is 4.44. The van der Waals surface area contributed by atoms with Gasteiger partial charge in [0.2, 0.25) is 0 Å². The third kappa shape index (κ3) is 2.46. The van der Waals surface area contributed by atoms with Crippen molar-refractivity contribution in [3.8, 4) is 0 Å². The molecule has 2 aromatic heterocycles. The molecule has 0 unspecified atom stereocenters. The van der Waals surface area contributed by atoms with E-state index >= 15 is 0 Å². The number of carboxylic acids is 1. The number of para-hydroxylation sites is 1. The Hall–Kier alpha value is -3.15. The van der Waals surface area contributed by atoms with Crippen LogP contribution in [0.5, 0.6) is 0 Å². The number of amides is 1. The fourth-order valence-electron chi connectivity index (χ4n) is 2.04. The first-order chi connectivity index (χ1) is 10.1. The van der Waals surface area contributed by atoms with E-state index in [4.69, 9.17) is 5.11 Å². The number of aromatic nitrogens is 2. The Morgan fingerprint density at radius 1 is 1.19 bits per heavy atom. The number of aromatic amines is 1. The second-order valence-electron chi connectivity index (χ2n) is 4.44. The molecule has 3 N–H and O–H groups in total. The highest BCUT2D eigenvalue weighted by Gasteiger charge is 2.14. The molecule has 0 fully saturated rings. The molecule has 0 spiro atoms. The van der Waals surface area contributed by atoms with E-state index in [9.17, 15) is 9.59 Å². The Balaban J connectivity index is 1.91. The van der Waals surface area contributed by atoms with E-state index in [-0.39, 0.29) is 16.9 Å². The molecule has 2 heterocycles. The first-order valence-corrected chi connectivity index (χ1v) is 6.22. The van der Waals surface area contributed by atoms with E-state index in [0.717, 1.165) is 10.9 Å². The molecule has 0 saturated heterocycles. The van der Waals surface area contributed by atoms with Crippen LogP contribution < -0.4 is 5.32 Å². The Kier molecular flexibility index (Phi) is 3.12. The normalized spacial score (nSPS) is 10.5. The van der Waals surface area contributed by atoms with Gasteiger partial charge in [-0.2, -0.15) is 0 Å². The van der Waals surface area contributed by atoms with Crippen LogP contribution in [0.1, 0.15) is 20.8 Å². The number of anilines is 1. The largest absolute Gasteiger partial charge is 0.478 e. The molecular formula is C15H11N3O3. The van der Waals surface area contributed by atoms with Gasteiger partial charge in [0.05, 0.1) is 23.0 Å². The lowest BCUT2D eigenvalue weighted by atomic mass is 10.1. The van der Waals surface area contributed by atoms with Crippen molar-refractivity contribution >= 4 is 28.5 Å². The van der Waals surface area contributed by atoms with Crippen molar-refractivity contribution in [1.82, 2.24) is 9.97 Å². The second kappa shape index (κ2) is 5.09. The van der Waals surface area contributed by atoms with E-state index in [1.54, 1.807) is 30.6 Å². The summed E-state index contributed by atoms with van der Waals surface area (Å²) >= 11 is 0. The topological polar surface area (TPSA) is 95.1 Å². The molecule has 0 bridgehead atoms. The highest BCUT2D eigenvalue weighted by molar-refractivity contribution is 6.07. The van der Waals surface area contributed by atoms with Gasteiger partial charge >= 0.3 is 5.97 Å². The minimum Gasteiger partial charge on any atom is -0.478 e. The number of H-pyrrole nitrogens is 1. The molecule has 3 rings (SSSR count). The van der Waals surface area contributed by atoms with E-state index in [1.807, 2.05) is 6.07 Å². The zero-order chi connectivity index (χ0) is 14.8. The predicted octanol–water partition coefficient (Wildman–Crippen LogP) is 2.51. The number of nitrogens with one attached hydrogen (secondary N) is 2. The Morgan fingerprint density at radius 2 is 2.00 bits per heavy atom. The van der Waals surface area contributed by atoms with Gasteiger partial charge < -0.3 is 15.4 Å². The molecule has 3 aromatic rings. The molecule has 0 aliphatic heterocycles. The Labute approximate surface area is 119 Å². The number of nitrogens with zero attached hydrogens (tertiary/aromatic N) is 1. The standard InChI is InChI=1S/C15H11N3O3/c19-14(12-7-9-5-6-16-13(9)8-17-12)18-11-4-2-1-3-10(11)15(20)21/h1-8,16H,(H,18,19)(H,20,21). The van der Waals surface area contributed by atoms with E-state index in [1.165, 1.54) is 12.1 Å². The van der Waals surface area contributed by atoms with Gasteiger partial charge in [0, 0.05) is 11.6 Å². The Morgan fingerprint density at radius 3 is 2.81 bits per heavy atom. The predicted molar refractivity (Wildman–Crippen MR) is 77.4 cm³/mol. The number of carbonyl (C=O) groups is 2. The lowest BCUT2D eigenvalue weighted by Gasteiger charge is -2.07. The average molecular weight is 281 g/mol. The first-order valence-electron chi connectivity index (χ1n) is 6.22. The fourth-order valence-corrected chi connectivity index (χ4v) is 2.04. The SMILES string of the molecule is O=C(Nc1ccccc1C(=O)O)c1cc2cc[nH]c2cn1. The number of rotatable bonds is 3. The highest BCUT2D eigenvalue weighted by Crippen LogP contribution is 2.17. The van der Waals surface area contributed by atoms with E-state index in [2.05, 4.69) is 15.3 Å². The summed E-state index contributed by atoms with van der Waals surface area (Å²) in [6, 6.07) is 9.70. The van der Waals surface area contributed by atoms with Gasteiger partial charge in [0.25, 0.3) is 5.91 Å². The number of aromatic carboxylic acids is 1. The van der Waals surface area contributed by atoms with Crippen molar-refractivity contribution < 1.29 is 14.7 Å². The number of carboxylic acid groups (broad SMARTS) is 1. The molecular weight excluding hydrogens is 270 g/mol. The van der Waals surface area contributed by atoms with Gasteiger partial charge in [-0.3, -0.25) is 4.79 Å². The van der Waals surface area contributed by atoms with Crippen LogP contribution >= 0.6 is 0 Å². The average Bonchev–Trinajstić information content (AvgIpc) is 2.94. The first kappa shape index (κ1) is 12.9. The van der Waals surface area contributed by atoms with Gasteiger partial charge in [0.15, 0.2) is 0 Å². The van der Waals surface area contributed by atoms with Gasteiger partial charge in [-0.25, -0.2) is 9.78 Å². The number of pyridine rings is 1. The summed E-state index contributed by atoms with van der Waals surface area (Å²) < 4.78 is 0. The molecule has 1 aromatic carbocycles. The highest BCUT2D eigenvalue weighted by atomic mass is 16.4. The van der Waals surface area contributed by atoms with Crippen LogP contribution in [0.25, 0.3) is 10.9 Å². The monoisotopic (exact) mass is 281 g/mol. The molecule has 0 aliphatic rings. The van der Waals surface area contributed by atoms with Crippen molar-refractivity contribution in [1.29, 1.82) is 0 Å². The molecule has 21 heavy (non-hydrogen) atoms. The van der Waals surface area contributed by atoms with Gasteiger partial charge in [-0.15, -0.1) is 0 Å². The maximum atomic E-state index is 12.2. The molecule has 0 aliphatic carbocycles. The summed E-state index contributed by atoms with van der Waals surface area (Å²) in [4.78, 5) is 30.3. The third-order valence-electron chi connectivity index (χ3n) is 3.08. The van der Waals surface area contributed by atoms with Crippen molar-refractivity contribution in [3.63, 3.8) is 0 Å². The van der Waals surface area contributed by atoms with E-state index in [0.29, 0.717) is 0 Å². The van der Waals surface area contributed by atoms with Gasteiger partial charge in [-0.1, -0.05) is 12.1 Å². The van der Waals surface area contributed by atoms with Crippen LogP contribution in [0.4, 0.5) is 5.69 Å². The summed E-state index contributed by atoms with van der Waals surface area (Å²) in [6.45, 7) is 0. The van der Waals surface area contributed by atoms with Gasteiger partial charge in [-0.05, 0) is 24.3 Å². The number of hydrogen-bond acceptors (Lipinski definition) is 3. The van der Waals surface area contributed by atoms with E-state index < -0.39 is 11.9 Å². The summed E-state index contributed by atoms with van der Waals surface area (Å²) in [5.74, 6) is -1.55. The Bertz CT molecular complexity index is 839. The van der Waals surface area contributed by atoms with Crippen molar-refractivity contribution in [3.05, 3.63) is 60.0 Å². The lowest BCUT2D eigenvalue weighted by Crippen LogP contribution is -2.16. The molecule has 6 heteroatoms. The molecule has 0 saturated carbocycles. The lowest BCUT2D eigenvalue weighted by molar-refractivity contribution is 0.0698. The number of carbonyl (C=O) groups excluding carboxylic acids is 1. The molecule has 1 amide bonds. The van der Waals surface area contributed by atoms with Crippen molar-refractivity contribution in [2.24, 2.45) is 0 Å². The van der Waals surface area contributed by atoms with Crippen LogP contribution in [0.3, 0.4) is 0 Å². The zero-order valence-corrected chi connectivity index (χ0v) is 10.8.